The minimum atomic E-state index is -0.0477. The molecule has 0 saturated carbocycles. The maximum Gasteiger partial charge on any atom is 0.228 e. The SMILES string of the molecule is C[C@H]1Cn2ncc(N3CC(N)CC3=O)c2CN1. The van der Waals surface area contributed by atoms with Gasteiger partial charge in [0.1, 0.15) is 0 Å². The van der Waals surface area contributed by atoms with E-state index >= 15 is 0 Å². The van der Waals surface area contributed by atoms with Gasteiger partial charge in [0.25, 0.3) is 0 Å². The maximum absolute atomic E-state index is 11.8. The van der Waals surface area contributed by atoms with Crippen LogP contribution in [0.2, 0.25) is 0 Å². The summed E-state index contributed by atoms with van der Waals surface area (Å²) in [5.74, 6) is 0.104. The van der Waals surface area contributed by atoms with Gasteiger partial charge in [-0.05, 0) is 6.92 Å². The van der Waals surface area contributed by atoms with Gasteiger partial charge >= 0.3 is 0 Å². The number of rotatable bonds is 1. The number of fused-ring (bicyclic) bond motifs is 1. The molecule has 1 saturated heterocycles. The molecule has 2 aliphatic heterocycles. The monoisotopic (exact) mass is 235 g/mol. The molecular formula is C11H17N5O. The molecule has 6 nitrogen and oxygen atoms in total. The van der Waals surface area contributed by atoms with Gasteiger partial charge in [0.05, 0.1) is 24.1 Å². The van der Waals surface area contributed by atoms with E-state index in [1.165, 1.54) is 0 Å². The van der Waals surface area contributed by atoms with Crippen LogP contribution in [0.5, 0.6) is 0 Å². The van der Waals surface area contributed by atoms with E-state index in [1.54, 1.807) is 11.1 Å². The number of carbonyl (C=O) groups is 1. The lowest BCUT2D eigenvalue weighted by Gasteiger charge is -2.24. The number of amides is 1. The van der Waals surface area contributed by atoms with E-state index in [2.05, 4.69) is 17.3 Å². The predicted octanol–water partition coefficient (Wildman–Crippen LogP) is -0.561. The highest BCUT2D eigenvalue weighted by molar-refractivity contribution is 5.96. The summed E-state index contributed by atoms with van der Waals surface area (Å²) in [4.78, 5) is 13.6. The Balaban J connectivity index is 1.92. The summed E-state index contributed by atoms with van der Waals surface area (Å²) < 4.78 is 1.98. The van der Waals surface area contributed by atoms with Crippen LogP contribution in [0, 0.1) is 0 Å². The van der Waals surface area contributed by atoms with Gasteiger partial charge < -0.3 is 16.0 Å². The summed E-state index contributed by atoms with van der Waals surface area (Å²) in [6.45, 7) is 4.34. The fraction of sp³-hybridized carbons (Fsp3) is 0.636. The molecule has 1 amide bonds. The van der Waals surface area contributed by atoms with E-state index < -0.39 is 0 Å². The largest absolute Gasteiger partial charge is 0.326 e. The first-order chi connectivity index (χ1) is 8.15. The van der Waals surface area contributed by atoms with Crippen molar-refractivity contribution in [3.05, 3.63) is 11.9 Å². The molecule has 3 rings (SSSR count). The fourth-order valence-electron chi connectivity index (χ4n) is 2.53. The number of hydrogen-bond acceptors (Lipinski definition) is 4. The molecule has 2 aliphatic rings. The van der Waals surface area contributed by atoms with Crippen LogP contribution in [0.4, 0.5) is 5.69 Å². The molecular weight excluding hydrogens is 218 g/mol. The lowest BCUT2D eigenvalue weighted by Crippen LogP contribution is -2.38. The lowest BCUT2D eigenvalue weighted by atomic mass is 10.2. The first kappa shape index (κ1) is 10.7. The number of anilines is 1. The Bertz CT molecular complexity index is 455. The van der Waals surface area contributed by atoms with E-state index in [-0.39, 0.29) is 11.9 Å². The zero-order valence-corrected chi connectivity index (χ0v) is 9.89. The number of nitrogens with zero attached hydrogens (tertiary/aromatic N) is 3. The van der Waals surface area contributed by atoms with Crippen molar-refractivity contribution >= 4 is 11.6 Å². The van der Waals surface area contributed by atoms with Gasteiger partial charge in [-0.25, -0.2) is 0 Å². The van der Waals surface area contributed by atoms with Crippen molar-refractivity contribution in [2.75, 3.05) is 11.4 Å². The molecule has 0 bridgehead atoms. The van der Waals surface area contributed by atoms with Crippen LogP contribution in [0.3, 0.4) is 0 Å². The molecule has 6 heteroatoms. The molecule has 2 atom stereocenters. The number of carbonyl (C=O) groups excluding carboxylic acids is 1. The molecule has 1 fully saturated rings. The normalized spacial score (nSPS) is 28.6. The fourth-order valence-corrected chi connectivity index (χ4v) is 2.53. The van der Waals surface area contributed by atoms with Crippen molar-refractivity contribution in [2.24, 2.45) is 5.73 Å². The van der Waals surface area contributed by atoms with E-state index in [0.29, 0.717) is 19.0 Å². The summed E-state index contributed by atoms with van der Waals surface area (Å²) in [6, 6.07) is 0.375. The smallest absolute Gasteiger partial charge is 0.228 e. The highest BCUT2D eigenvalue weighted by Crippen LogP contribution is 2.26. The molecule has 92 valence electrons. The Morgan fingerprint density at radius 1 is 1.53 bits per heavy atom. The first-order valence-corrected chi connectivity index (χ1v) is 5.99. The third-order valence-electron chi connectivity index (χ3n) is 3.44. The van der Waals surface area contributed by atoms with E-state index in [0.717, 1.165) is 24.5 Å². The molecule has 0 aromatic carbocycles. The topological polar surface area (TPSA) is 76.2 Å². The van der Waals surface area contributed by atoms with Crippen LogP contribution in [0.1, 0.15) is 19.0 Å². The Hall–Kier alpha value is -1.40. The van der Waals surface area contributed by atoms with Gasteiger partial charge in [-0.1, -0.05) is 0 Å². The van der Waals surface area contributed by atoms with Crippen LogP contribution in [-0.2, 0) is 17.9 Å². The maximum atomic E-state index is 11.8. The van der Waals surface area contributed by atoms with Crippen molar-refractivity contribution < 1.29 is 4.79 Å². The molecule has 1 aromatic heterocycles. The van der Waals surface area contributed by atoms with E-state index in [1.807, 2.05) is 4.68 Å². The zero-order chi connectivity index (χ0) is 12.0. The Morgan fingerprint density at radius 2 is 2.35 bits per heavy atom. The molecule has 0 spiro atoms. The average Bonchev–Trinajstić information content (AvgIpc) is 2.81. The van der Waals surface area contributed by atoms with Gasteiger partial charge in [-0.2, -0.15) is 5.10 Å². The summed E-state index contributed by atoms with van der Waals surface area (Å²) in [5, 5.41) is 7.74. The number of hydrogen-bond donors (Lipinski definition) is 2. The van der Waals surface area contributed by atoms with Crippen molar-refractivity contribution in [1.29, 1.82) is 0 Å². The minimum Gasteiger partial charge on any atom is -0.326 e. The zero-order valence-electron chi connectivity index (χ0n) is 9.89. The van der Waals surface area contributed by atoms with Crippen LogP contribution in [0.15, 0.2) is 6.20 Å². The molecule has 3 N–H and O–H groups in total. The van der Waals surface area contributed by atoms with Gasteiger partial charge in [0, 0.05) is 31.6 Å². The van der Waals surface area contributed by atoms with Crippen LogP contribution >= 0.6 is 0 Å². The van der Waals surface area contributed by atoms with Crippen molar-refractivity contribution in [3.8, 4) is 0 Å². The standard InChI is InChI=1S/C11H17N5O/c1-7-5-16-10(3-13-7)9(4-14-16)15-6-8(12)2-11(15)17/h4,7-8,13H,2-3,5-6,12H2,1H3/t7-,8?/m0/s1. The molecule has 0 aliphatic carbocycles. The molecule has 1 unspecified atom stereocenters. The predicted molar refractivity (Wildman–Crippen MR) is 63.5 cm³/mol. The highest BCUT2D eigenvalue weighted by Gasteiger charge is 2.32. The van der Waals surface area contributed by atoms with Gasteiger partial charge in [-0.15, -0.1) is 0 Å². The second-order valence-corrected chi connectivity index (χ2v) is 4.91. The molecule has 17 heavy (non-hydrogen) atoms. The number of aromatic nitrogens is 2. The van der Waals surface area contributed by atoms with Crippen LogP contribution < -0.4 is 16.0 Å². The highest BCUT2D eigenvalue weighted by atomic mass is 16.2. The number of nitrogens with one attached hydrogen (secondary N) is 1. The van der Waals surface area contributed by atoms with E-state index in [9.17, 15) is 4.79 Å². The van der Waals surface area contributed by atoms with Gasteiger partial charge in [-0.3, -0.25) is 9.48 Å². The Labute approximate surface area is 99.8 Å². The Kier molecular flexibility index (Phi) is 2.41. The molecule has 3 heterocycles. The third kappa shape index (κ3) is 1.73. The number of nitrogens with two attached hydrogens (primary N) is 1. The molecule has 1 aromatic rings. The molecule has 0 radical (unpaired) electrons. The third-order valence-corrected chi connectivity index (χ3v) is 3.44. The van der Waals surface area contributed by atoms with Crippen molar-refractivity contribution in [2.45, 2.75) is 38.5 Å². The summed E-state index contributed by atoms with van der Waals surface area (Å²) in [5.41, 5.74) is 7.82. The van der Waals surface area contributed by atoms with Crippen molar-refractivity contribution in [1.82, 2.24) is 15.1 Å². The Morgan fingerprint density at radius 3 is 3.06 bits per heavy atom. The van der Waals surface area contributed by atoms with Crippen molar-refractivity contribution in [3.63, 3.8) is 0 Å². The summed E-state index contributed by atoms with van der Waals surface area (Å²) in [7, 11) is 0. The average molecular weight is 235 g/mol. The quantitative estimate of drug-likeness (QED) is 0.684. The summed E-state index contributed by atoms with van der Waals surface area (Å²) in [6.07, 6.45) is 2.22. The van der Waals surface area contributed by atoms with Gasteiger partial charge in [0.2, 0.25) is 5.91 Å². The van der Waals surface area contributed by atoms with Gasteiger partial charge in [0.15, 0.2) is 0 Å². The lowest BCUT2D eigenvalue weighted by molar-refractivity contribution is -0.117. The first-order valence-electron chi connectivity index (χ1n) is 5.99. The summed E-state index contributed by atoms with van der Waals surface area (Å²) >= 11 is 0. The second-order valence-electron chi connectivity index (χ2n) is 4.91. The van der Waals surface area contributed by atoms with E-state index in [4.69, 9.17) is 5.73 Å². The minimum absolute atomic E-state index is 0.0477. The van der Waals surface area contributed by atoms with Crippen LogP contribution in [0.25, 0.3) is 0 Å². The second kappa shape index (κ2) is 3.82. The van der Waals surface area contributed by atoms with Crippen LogP contribution in [-0.4, -0.2) is 34.3 Å².